The molecule has 0 aromatic carbocycles. The second-order valence-electron chi connectivity index (χ2n) is 11.2. The summed E-state index contributed by atoms with van der Waals surface area (Å²) in [5, 5.41) is 30.5. The maximum atomic E-state index is 13.6. The Bertz CT molecular complexity index is 676. The van der Waals surface area contributed by atoms with Crippen molar-refractivity contribution in [1.82, 2.24) is 0 Å². The summed E-state index contributed by atoms with van der Waals surface area (Å²) >= 11 is 0. The maximum Gasteiger partial charge on any atom is 0.303 e. The van der Waals surface area contributed by atoms with Gasteiger partial charge in [-0.3, -0.25) is 9.59 Å². The van der Waals surface area contributed by atoms with Crippen molar-refractivity contribution in [3.8, 4) is 0 Å². The number of carbonyl (C=O) groups is 2. The van der Waals surface area contributed by atoms with Gasteiger partial charge in [0.25, 0.3) is 0 Å². The van der Waals surface area contributed by atoms with E-state index in [4.69, 9.17) is 5.11 Å². The lowest BCUT2D eigenvalue weighted by molar-refractivity contribution is -0.181. The molecule has 4 aliphatic carbocycles. The second-order valence-corrected chi connectivity index (χ2v) is 11.2. The molecule has 0 unspecified atom stereocenters. The lowest BCUT2D eigenvalue weighted by atomic mass is 9.43. The molecule has 0 bridgehead atoms. The minimum Gasteiger partial charge on any atom is -0.481 e. The lowest BCUT2D eigenvalue weighted by Gasteiger charge is -2.61. The summed E-state index contributed by atoms with van der Waals surface area (Å²) in [5.41, 5.74) is -0.398. The summed E-state index contributed by atoms with van der Waals surface area (Å²) in [4.78, 5) is 24.7. The molecule has 0 aromatic heterocycles. The van der Waals surface area contributed by atoms with Crippen molar-refractivity contribution in [1.29, 1.82) is 0 Å². The van der Waals surface area contributed by atoms with Gasteiger partial charge < -0.3 is 15.3 Å². The molecule has 5 heteroatoms. The first-order valence-corrected chi connectivity index (χ1v) is 11.7. The number of aliphatic hydroxyl groups is 2. The summed E-state index contributed by atoms with van der Waals surface area (Å²) in [6.45, 7) is 6.54. The normalized spacial score (nSPS) is 50.4. The first-order chi connectivity index (χ1) is 13.6. The molecule has 3 N–H and O–H groups in total. The van der Waals surface area contributed by atoms with E-state index in [2.05, 4.69) is 20.8 Å². The Kier molecular flexibility index (Phi) is 5.39. The van der Waals surface area contributed by atoms with Gasteiger partial charge in [-0.2, -0.15) is 0 Å². The molecule has 0 heterocycles. The molecule has 0 aliphatic heterocycles. The van der Waals surface area contributed by atoms with Gasteiger partial charge in [-0.05, 0) is 85.9 Å². The van der Waals surface area contributed by atoms with E-state index in [1.165, 1.54) is 0 Å². The van der Waals surface area contributed by atoms with Gasteiger partial charge in [-0.15, -0.1) is 0 Å². The predicted octanol–water partition coefficient (Wildman–Crippen LogP) is 3.66. The molecule has 4 fully saturated rings. The van der Waals surface area contributed by atoms with Crippen LogP contribution in [0.25, 0.3) is 0 Å². The van der Waals surface area contributed by atoms with E-state index in [1.54, 1.807) is 0 Å². The fourth-order valence-corrected chi connectivity index (χ4v) is 8.41. The number of carboxylic acid groups (broad SMARTS) is 1. The minimum absolute atomic E-state index is 0.0348. The average Bonchev–Trinajstić information content (AvgIpc) is 3.01. The highest BCUT2D eigenvalue weighted by atomic mass is 16.4. The van der Waals surface area contributed by atoms with Crippen LogP contribution in [0.4, 0.5) is 0 Å². The number of fused-ring (bicyclic) bond motifs is 5. The van der Waals surface area contributed by atoms with Crippen LogP contribution in [0.5, 0.6) is 0 Å². The van der Waals surface area contributed by atoms with Crippen molar-refractivity contribution in [2.24, 2.45) is 46.3 Å². The van der Waals surface area contributed by atoms with Gasteiger partial charge in [-0.1, -0.05) is 20.8 Å². The van der Waals surface area contributed by atoms with E-state index in [0.717, 1.165) is 38.5 Å². The Morgan fingerprint density at radius 3 is 2.55 bits per heavy atom. The monoisotopic (exact) mass is 406 g/mol. The number of hydrogen-bond donors (Lipinski definition) is 3. The molecule has 10 atom stereocenters. The van der Waals surface area contributed by atoms with Crippen molar-refractivity contribution in [3.05, 3.63) is 0 Å². The van der Waals surface area contributed by atoms with Gasteiger partial charge in [0.1, 0.15) is 5.78 Å². The maximum absolute atomic E-state index is 13.6. The highest BCUT2D eigenvalue weighted by Crippen LogP contribution is 2.67. The number of aliphatic hydroxyl groups excluding tert-OH is 2. The van der Waals surface area contributed by atoms with Crippen LogP contribution in [0, 0.1) is 46.3 Å². The lowest BCUT2D eigenvalue weighted by Crippen LogP contribution is -2.61. The Morgan fingerprint density at radius 1 is 1.14 bits per heavy atom. The van der Waals surface area contributed by atoms with Crippen LogP contribution < -0.4 is 0 Å². The van der Waals surface area contributed by atoms with Crippen molar-refractivity contribution >= 4 is 11.8 Å². The van der Waals surface area contributed by atoms with Crippen LogP contribution in [-0.4, -0.2) is 39.3 Å². The summed E-state index contributed by atoms with van der Waals surface area (Å²) in [6, 6.07) is 0. The Balaban J connectivity index is 1.62. The van der Waals surface area contributed by atoms with Crippen molar-refractivity contribution in [2.75, 3.05) is 0 Å². The number of carboxylic acids is 1. The van der Waals surface area contributed by atoms with Gasteiger partial charge in [0, 0.05) is 18.3 Å². The molecule has 0 amide bonds. The van der Waals surface area contributed by atoms with E-state index >= 15 is 0 Å². The SMILES string of the molecule is C[C@H](CCC(=O)O)[C@H]1CC[C@H]2[C@H]3[C@H](O)C[C@H]4C[C@@H](O)CC[C@]4(C)[C@@H]3CC(=O)[C@]12C. The molecule has 4 aliphatic rings. The van der Waals surface area contributed by atoms with Crippen LogP contribution in [-0.2, 0) is 9.59 Å². The molecule has 5 nitrogen and oxygen atoms in total. The average molecular weight is 407 g/mol. The van der Waals surface area contributed by atoms with E-state index < -0.39 is 17.5 Å². The molecular weight excluding hydrogens is 368 g/mol. The molecule has 0 spiro atoms. The summed E-state index contributed by atoms with van der Waals surface area (Å²) < 4.78 is 0. The van der Waals surface area contributed by atoms with E-state index in [-0.39, 0.29) is 47.5 Å². The number of ketones is 1. The second kappa shape index (κ2) is 7.33. The molecule has 4 rings (SSSR count). The van der Waals surface area contributed by atoms with E-state index in [9.17, 15) is 19.8 Å². The zero-order chi connectivity index (χ0) is 21.1. The smallest absolute Gasteiger partial charge is 0.303 e. The highest BCUT2D eigenvalue weighted by Gasteiger charge is 2.65. The van der Waals surface area contributed by atoms with Crippen LogP contribution in [0.2, 0.25) is 0 Å². The number of rotatable bonds is 4. The summed E-state index contributed by atoms with van der Waals surface area (Å²) in [6.07, 6.45) is 5.82. The highest BCUT2D eigenvalue weighted by molar-refractivity contribution is 5.87. The fourth-order valence-electron chi connectivity index (χ4n) is 8.41. The van der Waals surface area contributed by atoms with Gasteiger partial charge in [0.15, 0.2) is 0 Å². The molecule has 0 radical (unpaired) electrons. The molecule has 0 saturated heterocycles. The number of Topliss-reactive ketones (excluding diaryl/α,β-unsaturated/α-hetero) is 1. The van der Waals surface area contributed by atoms with Crippen LogP contribution in [0.1, 0.15) is 78.6 Å². The third kappa shape index (κ3) is 3.18. The topological polar surface area (TPSA) is 94.8 Å². The quantitative estimate of drug-likeness (QED) is 0.662. The van der Waals surface area contributed by atoms with Crippen LogP contribution in [0.3, 0.4) is 0 Å². The first-order valence-electron chi connectivity index (χ1n) is 11.7. The minimum atomic E-state index is -0.771. The Hall–Kier alpha value is -0.940. The van der Waals surface area contributed by atoms with Crippen molar-refractivity contribution in [3.63, 3.8) is 0 Å². The van der Waals surface area contributed by atoms with Gasteiger partial charge in [0.05, 0.1) is 12.2 Å². The molecular formula is C24H38O5. The van der Waals surface area contributed by atoms with E-state index in [0.29, 0.717) is 24.5 Å². The Morgan fingerprint density at radius 2 is 1.86 bits per heavy atom. The summed E-state index contributed by atoms with van der Waals surface area (Å²) in [5.74, 6) is 0.855. The third-order valence-electron chi connectivity index (χ3n) is 10.1. The van der Waals surface area contributed by atoms with Gasteiger partial charge in [0.2, 0.25) is 0 Å². The molecule has 164 valence electrons. The zero-order valence-corrected chi connectivity index (χ0v) is 18.1. The third-order valence-corrected chi connectivity index (χ3v) is 10.1. The number of aliphatic carboxylic acids is 1. The van der Waals surface area contributed by atoms with Crippen molar-refractivity contribution < 1.29 is 24.9 Å². The zero-order valence-electron chi connectivity index (χ0n) is 18.1. The van der Waals surface area contributed by atoms with E-state index in [1.807, 2.05) is 0 Å². The fraction of sp³-hybridized carbons (Fsp3) is 0.917. The number of hydrogen-bond acceptors (Lipinski definition) is 4. The summed E-state index contributed by atoms with van der Waals surface area (Å²) in [7, 11) is 0. The van der Waals surface area contributed by atoms with Gasteiger partial charge in [-0.25, -0.2) is 0 Å². The number of carbonyl (C=O) groups excluding carboxylic acids is 1. The van der Waals surface area contributed by atoms with Crippen LogP contribution >= 0.6 is 0 Å². The Labute approximate surface area is 174 Å². The standard InChI is InChI=1S/C24H38O5/c1-13(4-7-21(28)29)16-5-6-17-22-18(12-20(27)24(16,17)3)23(2)9-8-15(25)10-14(23)11-19(22)26/h13-19,22,25-26H,4-12H2,1-3H3,(H,28,29)/t13-,14-,15+,16-,17+,18-,19-,22-,23+,24-/m1/s1. The van der Waals surface area contributed by atoms with Crippen LogP contribution in [0.15, 0.2) is 0 Å². The molecule has 0 aromatic rings. The predicted molar refractivity (Wildman–Crippen MR) is 109 cm³/mol. The molecule has 29 heavy (non-hydrogen) atoms. The first kappa shape index (κ1) is 21.3. The van der Waals surface area contributed by atoms with Crippen molar-refractivity contribution in [2.45, 2.75) is 90.8 Å². The van der Waals surface area contributed by atoms with Gasteiger partial charge >= 0.3 is 5.97 Å². The largest absolute Gasteiger partial charge is 0.481 e. The molecule has 4 saturated carbocycles.